The molecule has 2 heterocycles. The number of anilines is 1. The minimum atomic E-state index is -0.181. The average Bonchev–Trinajstić information content (AvgIpc) is 2.94. The normalized spacial score (nSPS) is 11.1. The Morgan fingerprint density at radius 2 is 1.70 bits per heavy atom. The summed E-state index contributed by atoms with van der Waals surface area (Å²) in [6, 6.07) is 19.2. The molecule has 4 rings (SSSR count). The Bertz CT molecular complexity index is 1080. The van der Waals surface area contributed by atoms with E-state index in [0.29, 0.717) is 18.7 Å². The molecule has 0 aliphatic carbocycles. The summed E-state index contributed by atoms with van der Waals surface area (Å²) in [4.78, 5) is 4.58. The van der Waals surface area contributed by atoms with Crippen molar-refractivity contribution in [3.05, 3.63) is 95.1 Å². The van der Waals surface area contributed by atoms with Crippen molar-refractivity contribution in [2.75, 3.05) is 5.32 Å². The van der Waals surface area contributed by atoms with Gasteiger partial charge >= 0.3 is 0 Å². The summed E-state index contributed by atoms with van der Waals surface area (Å²) in [6.45, 7) is 5.36. The zero-order chi connectivity index (χ0) is 18.8. The van der Waals surface area contributed by atoms with Crippen molar-refractivity contribution in [2.24, 2.45) is 0 Å². The van der Waals surface area contributed by atoms with Crippen molar-refractivity contribution in [3.8, 4) is 0 Å². The first-order chi connectivity index (χ1) is 13.1. The summed E-state index contributed by atoms with van der Waals surface area (Å²) in [5.74, 6) is 0.642. The topological polar surface area (TPSA) is 29.9 Å². The third-order valence-corrected chi connectivity index (χ3v) is 5.13. The van der Waals surface area contributed by atoms with Gasteiger partial charge in [-0.25, -0.2) is 9.37 Å². The van der Waals surface area contributed by atoms with Crippen molar-refractivity contribution in [1.29, 1.82) is 0 Å². The number of nitrogens with one attached hydrogen (secondary N) is 1. The predicted octanol–water partition coefficient (Wildman–Crippen LogP) is 5.45. The van der Waals surface area contributed by atoms with Crippen molar-refractivity contribution < 1.29 is 4.39 Å². The molecule has 2 aromatic carbocycles. The third-order valence-electron chi connectivity index (χ3n) is 5.13. The average molecular weight is 359 g/mol. The minimum absolute atomic E-state index is 0.181. The highest BCUT2D eigenvalue weighted by Crippen LogP contribution is 2.30. The van der Waals surface area contributed by atoms with Gasteiger partial charge in [0.2, 0.25) is 0 Å². The standard InChI is InChI=1S/C23H22FN3/c1-16-17(2)27(15-19-10-6-7-11-21(19)24)22-20(16)12-13-25-23(22)26-14-18-8-4-3-5-9-18/h3-13H,14-15H2,1-2H3,(H,25,26). The highest BCUT2D eigenvalue weighted by atomic mass is 19.1. The van der Waals surface area contributed by atoms with E-state index in [1.165, 1.54) is 17.2 Å². The maximum Gasteiger partial charge on any atom is 0.150 e. The molecule has 0 atom stereocenters. The Morgan fingerprint density at radius 1 is 0.963 bits per heavy atom. The van der Waals surface area contributed by atoms with Crippen molar-refractivity contribution in [1.82, 2.24) is 9.55 Å². The Morgan fingerprint density at radius 3 is 2.48 bits per heavy atom. The molecule has 0 unspecified atom stereocenters. The first-order valence-corrected chi connectivity index (χ1v) is 9.10. The lowest BCUT2D eigenvalue weighted by Gasteiger charge is -2.13. The molecule has 0 fully saturated rings. The molecule has 0 spiro atoms. The van der Waals surface area contributed by atoms with Crippen LogP contribution in [0.15, 0.2) is 66.9 Å². The third kappa shape index (κ3) is 3.31. The molecular formula is C23H22FN3. The summed E-state index contributed by atoms with van der Waals surface area (Å²) < 4.78 is 16.4. The number of rotatable bonds is 5. The zero-order valence-corrected chi connectivity index (χ0v) is 15.5. The Labute approximate surface area is 158 Å². The van der Waals surface area contributed by atoms with E-state index in [0.717, 1.165) is 22.4 Å². The smallest absolute Gasteiger partial charge is 0.150 e. The molecule has 27 heavy (non-hydrogen) atoms. The second-order valence-corrected chi connectivity index (χ2v) is 6.78. The van der Waals surface area contributed by atoms with Crippen LogP contribution in [0.25, 0.3) is 10.9 Å². The summed E-state index contributed by atoms with van der Waals surface area (Å²) >= 11 is 0. The van der Waals surface area contributed by atoms with Gasteiger partial charge in [0.25, 0.3) is 0 Å². The predicted molar refractivity (Wildman–Crippen MR) is 108 cm³/mol. The van der Waals surface area contributed by atoms with Gasteiger partial charge in [-0.2, -0.15) is 0 Å². The largest absolute Gasteiger partial charge is 0.364 e. The monoisotopic (exact) mass is 359 g/mol. The van der Waals surface area contributed by atoms with Crippen LogP contribution in [0, 0.1) is 19.7 Å². The van der Waals surface area contributed by atoms with Gasteiger partial charge in [-0.15, -0.1) is 0 Å². The highest BCUT2D eigenvalue weighted by molar-refractivity contribution is 5.93. The quantitative estimate of drug-likeness (QED) is 0.513. The molecule has 0 saturated carbocycles. The maximum atomic E-state index is 14.2. The van der Waals surface area contributed by atoms with E-state index in [4.69, 9.17) is 0 Å². The number of hydrogen-bond acceptors (Lipinski definition) is 2. The summed E-state index contributed by atoms with van der Waals surface area (Å²) in [7, 11) is 0. The van der Waals surface area contributed by atoms with Gasteiger partial charge in [-0.05, 0) is 37.1 Å². The Kier molecular flexibility index (Phi) is 4.63. The van der Waals surface area contributed by atoms with Crippen LogP contribution < -0.4 is 5.32 Å². The van der Waals surface area contributed by atoms with E-state index in [2.05, 4.69) is 40.8 Å². The number of hydrogen-bond donors (Lipinski definition) is 1. The fourth-order valence-corrected chi connectivity index (χ4v) is 3.50. The number of aryl methyl sites for hydroxylation is 1. The first kappa shape index (κ1) is 17.3. The van der Waals surface area contributed by atoms with E-state index in [1.54, 1.807) is 6.07 Å². The van der Waals surface area contributed by atoms with Gasteiger partial charge in [0.05, 0.1) is 12.1 Å². The second kappa shape index (κ2) is 7.23. The van der Waals surface area contributed by atoms with Crippen LogP contribution in [-0.2, 0) is 13.1 Å². The SMILES string of the molecule is Cc1c(C)n(Cc2ccccc2F)c2c(NCc3ccccc3)nccc12. The van der Waals surface area contributed by atoms with Crippen LogP contribution >= 0.6 is 0 Å². The van der Waals surface area contributed by atoms with Crippen LogP contribution in [0.3, 0.4) is 0 Å². The van der Waals surface area contributed by atoms with Crippen LogP contribution in [0.2, 0.25) is 0 Å². The van der Waals surface area contributed by atoms with Gasteiger partial charge < -0.3 is 9.88 Å². The Balaban J connectivity index is 1.76. The van der Waals surface area contributed by atoms with Gasteiger partial charge in [0.1, 0.15) is 5.82 Å². The molecule has 2 aromatic heterocycles. The summed E-state index contributed by atoms with van der Waals surface area (Å²) in [6.07, 6.45) is 1.83. The molecule has 1 N–H and O–H groups in total. The molecule has 4 aromatic rings. The van der Waals surface area contributed by atoms with Gasteiger partial charge in [-0.3, -0.25) is 0 Å². The molecule has 0 amide bonds. The van der Waals surface area contributed by atoms with Gasteiger partial charge in [-0.1, -0.05) is 48.5 Å². The molecular weight excluding hydrogens is 337 g/mol. The van der Waals surface area contributed by atoms with Gasteiger partial charge in [0.15, 0.2) is 5.82 Å². The zero-order valence-electron chi connectivity index (χ0n) is 15.5. The molecule has 0 bridgehead atoms. The van der Waals surface area contributed by atoms with E-state index in [1.807, 2.05) is 42.6 Å². The van der Waals surface area contributed by atoms with Crippen LogP contribution in [-0.4, -0.2) is 9.55 Å². The molecule has 0 radical (unpaired) electrons. The molecule has 0 saturated heterocycles. The summed E-state index contributed by atoms with van der Waals surface area (Å²) in [5.41, 5.74) is 5.22. The lowest BCUT2D eigenvalue weighted by Crippen LogP contribution is -2.07. The van der Waals surface area contributed by atoms with Crippen molar-refractivity contribution in [3.63, 3.8) is 0 Å². The summed E-state index contributed by atoms with van der Waals surface area (Å²) in [5, 5.41) is 4.61. The fourth-order valence-electron chi connectivity index (χ4n) is 3.50. The number of halogens is 1. The minimum Gasteiger partial charge on any atom is -0.364 e. The van der Waals surface area contributed by atoms with Crippen LogP contribution in [0.4, 0.5) is 10.2 Å². The number of pyridine rings is 1. The maximum absolute atomic E-state index is 14.2. The number of aromatic nitrogens is 2. The Hall–Kier alpha value is -3.14. The number of nitrogens with zero attached hydrogens (tertiary/aromatic N) is 2. The van der Waals surface area contributed by atoms with E-state index < -0.39 is 0 Å². The first-order valence-electron chi connectivity index (χ1n) is 9.10. The van der Waals surface area contributed by atoms with Crippen molar-refractivity contribution >= 4 is 16.7 Å². The highest BCUT2D eigenvalue weighted by Gasteiger charge is 2.16. The lowest BCUT2D eigenvalue weighted by molar-refractivity contribution is 0.600. The van der Waals surface area contributed by atoms with E-state index >= 15 is 0 Å². The van der Waals surface area contributed by atoms with Crippen LogP contribution in [0.1, 0.15) is 22.4 Å². The second-order valence-electron chi connectivity index (χ2n) is 6.78. The van der Waals surface area contributed by atoms with Gasteiger partial charge in [0, 0.05) is 29.4 Å². The molecule has 0 aliphatic heterocycles. The van der Waals surface area contributed by atoms with Crippen LogP contribution in [0.5, 0.6) is 0 Å². The van der Waals surface area contributed by atoms with Crippen molar-refractivity contribution in [2.45, 2.75) is 26.9 Å². The molecule has 136 valence electrons. The number of fused-ring (bicyclic) bond motifs is 1. The van der Waals surface area contributed by atoms with E-state index in [-0.39, 0.29) is 5.82 Å². The van der Waals surface area contributed by atoms with E-state index in [9.17, 15) is 4.39 Å². The lowest BCUT2D eigenvalue weighted by atomic mass is 10.2. The molecule has 3 nitrogen and oxygen atoms in total. The molecule has 0 aliphatic rings. The molecule has 4 heteroatoms. The number of benzene rings is 2. The fraction of sp³-hybridized carbons (Fsp3) is 0.174.